The maximum atomic E-state index is 13.2. The summed E-state index contributed by atoms with van der Waals surface area (Å²) >= 11 is 0. The van der Waals surface area contributed by atoms with Crippen molar-refractivity contribution in [3.63, 3.8) is 0 Å². The van der Waals surface area contributed by atoms with Crippen molar-refractivity contribution in [2.45, 2.75) is 19.3 Å². The SMILES string of the molecule is O=C(O)c1ccc(C2=COC=C(CC3=CC=CCC3)O2)cc1Nc1ccc(F)cc1. The number of carbonyl (C=O) groups is 1. The summed E-state index contributed by atoms with van der Waals surface area (Å²) in [6.07, 6.45) is 11.9. The lowest BCUT2D eigenvalue weighted by Crippen LogP contribution is -2.06. The fourth-order valence-electron chi connectivity index (χ4n) is 3.27. The molecule has 4 rings (SSSR count). The van der Waals surface area contributed by atoms with Crippen LogP contribution in [0.5, 0.6) is 0 Å². The molecular weight excluding hydrogens is 385 g/mol. The highest BCUT2D eigenvalue weighted by molar-refractivity contribution is 5.96. The summed E-state index contributed by atoms with van der Waals surface area (Å²) in [6, 6.07) is 10.5. The molecule has 0 saturated heterocycles. The van der Waals surface area contributed by atoms with Gasteiger partial charge < -0.3 is 19.9 Å². The predicted molar refractivity (Wildman–Crippen MR) is 112 cm³/mol. The first-order valence-corrected chi connectivity index (χ1v) is 9.56. The number of hydrogen-bond donors (Lipinski definition) is 2. The van der Waals surface area contributed by atoms with Crippen molar-refractivity contribution in [3.05, 3.63) is 101 Å². The summed E-state index contributed by atoms with van der Waals surface area (Å²) in [7, 11) is 0. The Bertz CT molecular complexity index is 1080. The molecule has 0 atom stereocenters. The molecule has 0 radical (unpaired) electrons. The average molecular weight is 405 g/mol. The van der Waals surface area contributed by atoms with Gasteiger partial charge in [-0.05, 0) is 49.2 Å². The van der Waals surface area contributed by atoms with Crippen LogP contribution >= 0.6 is 0 Å². The van der Waals surface area contributed by atoms with Gasteiger partial charge >= 0.3 is 5.97 Å². The van der Waals surface area contributed by atoms with Crippen LogP contribution in [0.2, 0.25) is 0 Å². The second-order valence-electron chi connectivity index (χ2n) is 6.97. The van der Waals surface area contributed by atoms with E-state index in [1.807, 2.05) is 6.08 Å². The van der Waals surface area contributed by atoms with E-state index >= 15 is 0 Å². The largest absolute Gasteiger partial charge is 0.478 e. The van der Waals surface area contributed by atoms with Gasteiger partial charge in [-0.1, -0.05) is 29.9 Å². The van der Waals surface area contributed by atoms with Gasteiger partial charge in [0, 0.05) is 17.7 Å². The molecule has 2 aliphatic rings. The van der Waals surface area contributed by atoms with Crippen LogP contribution in [0.4, 0.5) is 15.8 Å². The third kappa shape index (κ3) is 4.60. The van der Waals surface area contributed by atoms with E-state index in [0.29, 0.717) is 34.9 Å². The third-order valence-electron chi connectivity index (χ3n) is 4.77. The average Bonchev–Trinajstić information content (AvgIpc) is 2.76. The molecule has 152 valence electrons. The molecule has 2 aromatic carbocycles. The zero-order valence-corrected chi connectivity index (χ0v) is 16.1. The topological polar surface area (TPSA) is 67.8 Å². The smallest absolute Gasteiger partial charge is 0.337 e. The Labute approximate surface area is 173 Å². The number of ether oxygens (including phenoxy) is 2. The number of benzene rings is 2. The van der Waals surface area contributed by atoms with Gasteiger partial charge in [-0.2, -0.15) is 0 Å². The maximum absolute atomic E-state index is 13.2. The highest BCUT2D eigenvalue weighted by Crippen LogP contribution is 2.32. The summed E-state index contributed by atoms with van der Waals surface area (Å²) in [5.41, 5.74) is 2.95. The lowest BCUT2D eigenvalue weighted by Gasteiger charge is -2.19. The fraction of sp³-hybridized carbons (Fsp3) is 0.125. The number of anilines is 2. The van der Waals surface area contributed by atoms with Crippen molar-refractivity contribution in [1.29, 1.82) is 0 Å². The Morgan fingerprint density at radius 3 is 2.70 bits per heavy atom. The zero-order valence-electron chi connectivity index (χ0n) is 16.1. The molecule has 1 aliphatic carbocycles. The van der Waals surface area contributed by atoms with Gasteiger partial charge in [0.25, 0.3) is 0 Å². The lowest BCUT2D eigenvalue weighted by molar-refractivity contribution is 0.0698. The summed E-state index contributed by atoms with van der Waals surface area (Å²) < 4.78 is 24.6. The van der Waals surface area contributed by atoms with E-state index in [2.05, 4.69) is 17.5 Å². The van der Waals surface area contributed by atoms with Gasteiger partial charge in [0.15, 0.2) is 5.76 Å². The zero-order chi connectivity index (χ0) is 20.9. The second kappa shape index (κ2) is 8.69. The Morgan fingerprint density at radius 2 is 1.97 bits per heavy atom. The summed E-state index contributed by atoms with van der Waals surface area (Å²) in [5.74, 6) is -0.268. The first-order chi connectivity index (χ1) is 14.6. The van der Waals surface area contributed by atoms with Crippen LogP contribution in [0.3, 0.4) is 0 Å². The molecule has 0 amide bonds. The Hall–Kier alpha value is -3.80. The normalized spacial score (nSPS) is 15.3. The number of nitrogens with one attached hydrogen (secondary N) is 1. The molecule has 2 aromatic rings. The van der Waals surface area contributed by atoms with Gasteiger partial charge in [0.1, 0.15) is 24.1 Å². The van der Waals surface area contributed by atoms with Crippen molar-refractivity contribution in [2.75, 3.05) is 5.32 Å². The Morgan fingerprint density at radius 1 is 1.13 bits per heavy atom. The predicted octanol–water partition coefficient (Wildman–Crippen LogP) is 6.12. The first-order valence-electron chi connectivity index (χ1n) is 9.56. The van der Waals surface area contributed by atoms with Crippen LogP contribution < -0.4 is 5.32 Å². The van der Waals surface area contributed by atoms with Gasteiger partial charge in [-0.25, -0.2) is 9.18 Å². The van der Waals surface area contributed by atoms with Crippen LogP contribution in [0, 0.1) is 5.82 Å². The van der Waals surface area contributed by atoms with E-state index in [9.17, 15) is 14.3 Å². The van der Waals surface area contributed by atoms with E-state index in [-0.39, 0.29) is 11.4 Å². The monoisotopic (exact) mass is 405 g/mol. The van der Waals surface area contributed by atoms with Gasteiger partial charge in [-0.3, -0.25) is 0 Å². The molecule has 0 bridgehead atoms. The van der Waals surface area contributed by atoms with Gasteiger partial charge in [-0.15, -0.1) is 0 Å². The van der Waals surface area contributed by atoms with E-state index < -0.39 is 5.97 Å². The molecule has 5 nitrogen and oxygen atoms in total. The van der Waals surface area contributed by atoms with Crippen molar-refractivity contribution >= 4 is 23.1 Å². The number of halogens is 1. The fourth-order valence-corrected chi connectivity index (χ4v) is 3.27. The molecule has 1 aliphatic heterocycles. The lowest BCUT2D eigenvalue weighted by atomic mass is 10.0. The van der Waals surface area contributed by atoms with E-state index in [0.717, 1.165) is 12.8 Å². The Balaban J connectivity index is 1.55. The van der Waals surface area contributed by atoms with E-state index in [1.54, 1.807) is 30.5 Å². The number of carboxylic acid groups (broad SMARTS) is 1. The molecule has 6 heteroatoms. The highest BCUT2D eigenvalue weighted by atomic mass is 19.1. The number of aromatic carboxylic acids is 1. The molecule has 0 unspecified atom stereocenters. The minimum atomic E-state index is -1.07. The molecule has 0 fully saturated rings. The van der Waals surface area contributed by atoms with Crippen LogP contribution in [0.1, 0.15) is 35.2 Å². The van der Waals surface area contributed by atoms with Crippen molar-refractivity contribution in [3.8, 4) is 0 Å². The molecular formula is C24H20FNO4. The van der Waals surface area contributed by atoms with Crippen LogP contribution in [-0.4, -0.2) is 11.1 Å². The summed E-state index contributed by atoms with van der Waals surface area (Å²) in [4.78, 5) is 11.6. The summed E-state index contributed by atoms with van der Waals surface area (Å²) in [5, 5.41) is 12.6. The van der Waals surface area contributed by atoms with Crippen LogP contribution in [0.25, 0.3) is 5.76 Å². The number of carboxylic acids is 1. The molecule has 2 N–H and O–H groups in total. The molecule has 1 heterocycles. The number of rotatable bonds is 6. The van der Waals surface area contributed by atoms with Crippen molar-refractivity contribution in [2.24, 2.45) is 0 Å². The van der Waals surface area contributed by atoms with E-state index in [4.69, 9.17) is 9.47 Å². The Kier molecular flexibility index (Phi) is 5.66. The standard InChI is InChI=1S/C24H20FNO4/c25-18-7-9-19(10-8-18)26-22-13-17(6-11-21(22)24(27)28)23-15-29-14-20(30-23)12-16-4-2-1-3-5-16/h1-2,4,6-11,13-15,26H,3,5,12H2,(H,27,28). The highest BCUT2D eigenvalue weighted by Gasteiger charge is 2.18. The summed E-state index contributed by atoms with van der Waals surface area (Å²) in [6.45, 7) is 0. The third-order valence-corrected chi connectivity index (χ3v) is 4.77. The van der Waals surface area contributed by atoms with Gasteiger partial charge in [0.2, 0.25) is 0 Å². The van der Waals surface area contributed by atoms with Gasteiger partial charge in [0.05, 0.1) is 11.3 Å². The first kappa shape index (κ1) is 19.5. The van der Waals surface area contributed by atoms with Crippen LogP contribution in [-0.2, 0) is 9.47 Å². The van der Waals surface area contributed by atoms with Crippen molar-refractivity contribution < 1.29 is 23.8 Å². The maximum Gasteiger partial charge on any atom is 0.337 e. The minimum Gasteiger partial charge on any atom is -0.478 e. The minimum absolute atomic E-state index is 0.0929. The van der Waals surface area contributed by atoms with Crippen LogP contribution in [0.15, 0.2) is 84.5 Å². The van der Waals surface area contributed by atoms with E-state index in [1.165, 1.54) is 30.0 Å². The molecule has 30 heavy (non-hydrogen) atoms. The molecule has 0 aromatic heterocycles. The van der Waals surface area contributed by atoms with Crippen molar-refractivity contribution in [1.82, 2.24) is 0 Å². The molecule has 0 saturated carbocycles. The molecule has 0 spiro atoms. The quantitative estimate of drug-likeness (QED) is 0.606. The second-order valence-corrected chi connectivity index (χ2v) is 6.97. The number of allylic oxidation sites excluding steroid dienone is 4. The number of hydrogen-bond acceptors (Lipinski definition) is 4.